The van der Waals surface area contributed by atoms with Gasteiger partial charge in [0.05, 0.1) is 17.6 Å². The van der Waals surface area contributed by atoms with E-state index in [0.717, 1.165) is 10.2 Å². The Morgan fingerprint density at radius 1 is 1.33 bits per heavy atom. The van der Waals surface area contributed by atoms with Crippen molar-refractivity contribution in [2.24, 2.45) is 5.41 Å². The number of amides is 1. The van der Waals surface area contributed by atoms with Gasteiger partial charge in [0, 0.05) is 4.47 Å². The summed E-state index contributed by atoms with van der Waals surface area (Å²) in [5.74, 6) is -0.833. The lowest BCUT2D eigenvalue weighted by molar-refractivity contribution is -0.150. The van der Waals surface area contributed by atoms with Crippen molar-refractivity contribution in [1.82, 2.24) is 4.90 Å². The number of benzene rings is 1. The molecule has 1 aromatic carbocycles. The number of carbonyl (C=O) groups is 2. The van der Waals surface area contributed by atoms with E-state index >= 15 is 0 Å². The zero-order chi connectivity index (χ0) is 15.5. The maximum Gasteiger partial charge on any atom is 0.309 e. The molecule has 21 heavy (non-hydrogen) atoms. The predicted octanol–water partition coefficient (Wildman–Crippen LogP) is 2.57. The van der Waals surface area contributed by atoms with Crippen LogP contribution in [0.3, 0.4) is 0 Å². The Labute approximate surface area is 132 Å². The number of aliphatic carboxylic acids is 1. The van der Waals surface area contributed by atoms with Crippen LogP contribution >= 0.6 is 15.9 Å². The van der Waals surface area contributed by atoms with Gasteiger partial charge in [0.25, 0.3) is 0 Å². The highest BCUT2D eigenvalue weighted by molar-refractivity contribution is 9.10. The lowest BCUT2D eigenvalue weighted by atomic mass is 9.80. The van der Waals surface area contributed by atoms with E-state index in [-0.39, 0.29) is 12.5 Å². The molecule has 1 saturated heterocycles. The summed E-state index contributed by atoms with van der Waals surface area (Å²) in [6.45, 7) is 3.32. The van der Waals surface area contributed by atoms with Crippen molar-refractivity contribution in [2.45, 2.75) is 19.8 Å². The molecule has 1 fully saturated rings. The average Bonchev–Trinajstić information content (AvgIpc) is 2.44. The van der Waals surface area contributed by atoms with Crippen molar-refractivity contribution in [1.29, 1.82) is 0 Å². The molecule has 2 N–H and O–H groups in total. The summed E-state index contributed by atoms with van der Waals surface area (Å²) in [6, 6.07) is 7.45. The van der Waals surface area contributed by atoms with Crippen LogP contribution in [0.5, 0.6) is 0 Å². The summed E-state index contributed by atoms with van der Waals surface area (Å²) in [4.78, 5) is 25.2. The molecule has 0 spiro atoms. The molecule has 0 aliphatic carbocycles. The molecule has 5 nitrogen and oxygen atoms in total. The third kappa shape index (κ3) is 4.04. The van der Waals surface area contributed by atoms with E-state index in [1.165, 1.54) is 0 Å². The number of rotatable bonds is 4. The molecule has 1 aromatic rings. The van der Waals surface area contributed by atoms with E-state index in [2.05, 4.69) is 21.2 Å². The summed E-state index contributed by atoms with van der Waals surface area (Å²) in [5, 5.41) is 12.0. The number of piperidine rings is 1. The third-order valence-electron chi connectivity index (χ3n) is 3.99. The molecular weight excluding hydrogens is 336 g/mol. The molecule has 0 saturated carbocycles. The smallest absolute Gasteiger partial charge is 0.309 e. The van der Waals surface area contributed by atoms with Gasteiger partial charge in [0.2, 0.25) is 5.91 Å². The Hall–Kier alpha value is -1.40. The predicted molar refractivity (Wildman–Crippen MR) is 84.2 cm³/mol. The van der Waals surface area contributed by atoms with Crippen LogP contribution in [0.1, 0.15) is 19.8 Å². The van der Waals surface area contributed by atoms with Gasteiger partial charge in [-0.3, -0.25) is 14.5 Å². The van der Waals surface area contributed by atoms with E-state index in [4.69, 9.17) is 0 Å². The van der Waals surface area contributed by atoms with Crippen molar-refractivity contribution >= 4 is 33.5 Å². The van der Waals surface area contributed by atoms with Crippen LogP contribution in [-0.4, -0.2) is 41.5 Å². The molecular formula is C15H19BrN2O3. The van der Waals surface area contributed by atoms with Crippen LogP contribution in [0.15, 0.2) is 28.7 Å². The number of halogens is 1. The first-order valence-corrected chi connectivity index (χ1v) is 7.70. The summed E-state index contributed by atoms with van der Waals surface area (Å²) in [6.07, 6.45) is 1.15. The van der Waals surface area contributed by atoms with Crippen molar-refractivity contribution in [2.75, 3.05) is 25.0 Å². The fourth-order valence-corrected chi connectivity index (χ4v) is 2.76. The van der Waals surface area contributed by atoms with Crippen LogP contribution in [0.4, 0.5) is 5.69 Å². The summed E-state index contributed by atoms with van der Waals surface area (Å²) in [7, 11) is 0. The Bertz CT molecular complexity index is 539. The fraction of sp³-hybridized carbons (Fsp3) is 0.467. The molecule has 0 aromatic heterocycles. The maximum atomic E-state index is 12.0. The second kappa shape index (κ2) is 6.58. The van der Waals surface area contributed by atoms with Gasteiger partial charge in [-0.2, -0.15) is 0 Å². The number of likely N-dealkylation sites (tertiary alicyclic amines) is 1. The maximum absolute atomic E-state index is 12.0. The molecule has 0 atom stereocenters. The highest BCUT2D eigenvalue weighted by Crippen LogP contribution is 2.31. The van der Waals surface area contributed by atoms with Crippen LogP contribution in [0.2, 0.25) is 0 Å². The van der Waals surface area contributed by atoms with Gasteiger partial charge >= 0.3 is 5.97 Å². The van der Waals surface area contributed by atoms with E-state index in [1.54, 1.807) is 6.92 Å². The van der Waals surface area contributed by atoms with Crippen molar-refractivity contribution < 1.29 is 14.7 Å². The number of hydrogen-bond acceptors (Lipinski definition) is 3. The minimum atomic E-state index is -0.750. The Balaban J connectivity index is 1.85. The van der Waals surface area contributed by atoms with Crippen molar-refractivity contribution in [3.05, 3.63) is 28.7 Å². The highest BCUT2D eigenvalue weighted by atomic mass is 79.9. The molecule has 1 aliphatic heterocycles. The largest absolute Gasteiger partial charge is 0.481 e. The Kier molecular flexibility index (Phi) is 5.00. The lowest BCUT2D eigenvalue weighted by Gasteiger charge is -2.36. The van der Waals surface area contributed by atoms with Crippen LogP contribution < -0.4 is 5.32 Å². The van der Waals surface area contributed by atoms with Crippen LogP contribution in [-0.2, 0) is 9.59 Å². The third-order valence-corrected chi connectivity index (χ3v) is 4.68. The van der Waals surface area contributed by atoms with Crippen LogP contribution in [0, 0.1) is 5.41 Å². The standard InChI is InChI=1S/C15H19BrN2O3/c1-15(14(20)21)6-8-18(9-7-15)10-13(19)17-12-5-3-2-4-11(12)16/h2-5H,6-10H2,1H3,(H,17,19)(H,20,21). The quantitative estimate of drug-likeness (QED) is 0.871. The Morgan fingerprint density at radius 2 is 1.95 bits per heavy atom. The first kappa shape index (κ1) is 16.0. The SMILES string of the molecule is CC1(C(=O)O)CCN(CC(=O)Nc2ccccc2Br)CC1. The first-order valence-electron chi connectivity index (χ1n) is 6.91. The average molecular weight is 355 g/mol. The second-order valence-electron chi connectivity index (χ2n) is 5.67. The number of carboxylic acid groups (broad SMARTS) is 1. The van der Waals surface area contributed by atoms with Gasteiger partial charge in [0.15, 0.2) is 0 Å². The highest BCUT2D eigenvalue weighted by Gasteiger charge is 2.37. The minimum Gasteiger partial charge on any atom is -0.481 e. The topological polar surface area (TPSA) is 69.6 Å². The van der Waals surface area contributed by atoms with Crippen molar-refractivity contribution in [3.8, 4) is 0 Å². The fourth-order valence-electron chi connectivity index (χ4n) is 2.37. The van der Waals surface area contributed by atoms with Gasteiger partial charge in [-0.15, -0.1) is 0 Å². The number of nitrogens with zero attached hydrogens (tertiary/aromatic N) is 1. The van der Waals surface area contributed by atoms with E-state index in [1.807, 2.05) is 29.2 Å². The molecule has 1 amide bonds. The van der Waals surface area contributed by atoms with Gasteiger partial charge in [0.1, 0.15) is 0 Å². The zero-order valence-electron chi connectivity index (χ0n) is 11.9. The number of carbonyl (C=O) groups excluding carboxylic acids is 1. The Morgan fingerprint density at radius 3 is 2.52 bits per heavy atom. The number of carboxylic acids is 1. The molecule has 0 radical (unpaired) electrons. The number of nitrogens with one attached hydrogen (secondary N) is 1. The van der Waals surface area contributed by atoms with E-state index in [9.17, 15) is 14.7 Å². The molecule has 0 bridgehead atoms. The molecule has 2 rings (SSSR count). The number of para-hydroxylation sites is 1. The molecule has 1 aliphatic rings. The molecule has 114 valence electrons. The van der Waals surface area contributed by atoms with Crippen molar-refractivity contribution in [3.63, 3.8) is 0 Å². The number of hydrogen-bond donors (Lipinski definition) is 2. The monoisotopic (exact) mass is 354 g/mol. The van der Waals surface area contributed by atoms with E-state index in [0.29, 0.717) is 25.9 Å². The molecule has 1 heterocycles. The summed E-state index contributed by atoms with van der Waals surface area (Å²) < 4.78 is 0.843. The molecule has 6 heteroatoms. The first-order chi connectivity index (χ1) is 9.90. The second-order valence-corrected chi connectivity index (χ2v) is 6.52. The summed E-state index contributed by atoms with van der Waals surface area (Å²) >= 11 is 3.39. The number of anilines is 1. The van der Waals surface area contributed by atoms with Crippen LogP contribution in [0.25, 0.3) is 0 Å². The summed E-state index contributed by atoms with van der Waals surface area (Å²) in [5.41, 5.74) is 0.0880. The van der Waals surface area contributed by atoms with Gasteiger partial charge in [-0.1, -0.05) is 12.1 Å². The van der Waals surface area contributed by atoms with Gasteiger partial charge < -0.3 is 10.4 Å². The normalized spacial score (nSPS) is 18.2. The van der Waals surface area contributed by atoms with E-state index < -0.39 is 11.4 Å². The van der Waals surface area contributed by atoms with Gasteiger partial charge in [-0.25, -0.2) is 0 Å². The molecule has 0 unspecified atom stereocenters. The lowest BCUT2D eigenvalue weighted by Crippen LogP contribution is -2.45. The minimum absolute atomic E-state index is 0.0826. The van der Waals surface area contributed by atoms with Gasteiger partial charge in [-0.05, 0) is 60.9 Å². The zero-order valence-corrected chi connectivity index (χ0v) is 13.5.